The summed E-state index contributed by atoms with van der Waals surface area (Å²) < 4.78 is 6.11. The zero-order valence-electron chi connectivity index (χ0n) is 15.7. The van der Waals surface area contributed by atoms with E-state index in [4.69, 9.17) is 4.74 Å². The molecule has 0 aliphatic carbocycles. The molecule has 26 heavy (non-hydrogen) atoms. The zero-order valence-corrected chi connectivity index (χ0v) is 15.7. The van der Waals surface area contributed by atoms with Crippen molar-refractivity contribution in [2.75, 3.05) is 39.3 Å². The Kier molecular flexibility index (Phi) is 5.04. The number of amides is 1. The van der Waals surface area contributed by atoms with Crippen molar-refractivity contribution in [2.24, 2.45) is 5.41 Å². The highest BCUT2D eigenvalue weighted by molar-refractivity contribution is 5.94. The van der Waals surface area contributed by atoms with E-state index in [1.54, 1.807) is 0 Å². The summed E-state index contributed by atoms with van der Waals surface area (Å²) in [5.74, 6) is 0.154. The van der Waals surface area contributed by atoms with Gasteiger partial charge in [-0.1, -0.05) is 17.7 Å². The largest absolute Gasteiger partial charge is 0.392 e. The lowest BCUT2D eigenvalue weighted by atomic mass is 9.76. The number of ether oxygens (including phenoxy) is 1. The number of nitrogens with zero attached hydrogens (tertiary/aromatic N) is 2. The van der Waals surface area contributed by atoms with Crippen molar-refractivity contribution in [2.45, 2.75) is 44.8 Å². The van der Waals surface area contributed by atoms with Crippen molar-refractivity contribution < 1.29 is 14.6 Å². The molecule has 3 aliphatic heterocycles. The third kappa shape index (κ3) is 3.80. The molecular weight excluding hydrogens is 328 g/mol. The molecule has 0 aromatic heterocycles. The van der Waals surface area contributed by atoms with Crippen LogP contribution in [0.1, 0.15) is 41.6 Å². The SMILES string of the molecule is Cc1ccc(C(=O)N2CCC3(CC2)CO[C@H](CN2CC[C@H](O)C2)C3)cc1. The van der Waals surface area contributed by atoms with Gasteiger partial charge in [0.2, 0.25) is 0 Å². The number of likely N-dealkylation sites (tertiary alicyclic amines) is 2. The molecular formula is C21H30N2O3. The van der Waals surface area contributed by atoms with Gasteiger partial charge in [-0.15, -0.1) is 0 Å². The summed E-state index contributed by atoms with van der Waals surface area (Å²) in [5.41, 5.74) is 2.21. The third-order valence-corrected chi connectivity index (χ3v) is 6.41. The maximum atomic E-state index is 12.7. The summed E-state index contributed by atoms with van der Waals surface area (Å²) in [4.78, 5) is 17.0. The van der Waals surface area contributed by atoms with Crippen LogP contribution in [0.3, 0.4) is 0 Å². The van der Waals surface area contributed by atoms with E-state index in [0.717, 1.165) is 70.6 Å². The molecule has 0 saturated carbocycles. The minimum absolute atomic E-state index is 0.154. The molecule has 1 aromatic carbocycles. The third-order valence-electron chi connectivity index (χ3n) is 6.41. The molecule has 1 spiro atoms. The normalized spacial score (nSPS) is 28.8. The molecule has 1 aromatic rings. The van der Waals surface area contributed by atoms with Gasteiger partial charge < -0.3 is 14.7 Å². The fourth-order valence-corrected chi connectivity index (χ4v) is 4.69. The van der Waals surface area contributed by atoms with E-state index in [9.17, 15) is 9.90 Å². The predicted molar refractivity (Wildman–Crippen MR) is 100 cm³/mol. The molecule has 3 heterocycles. The highest BCUT2D eigenvalue weighted by atomic mass is 16.5. The quantitative estimate of drug-likeness (QED) is 0.899. The van der Waals surface area contributed by atoms with Crippen molar-refractivity contribution >= 4 is 5.91 Å². The van der Waals surface area contributed by atoms with Crippen LogP contribution in [0, 0.1) is 12.3 Å². The molecule has 4 rings (SSSR count). The Labute approximate surface area is 155 Å². The van der Waals surface area contributed by atoms with E-state index in [-0.39, 0.29) is 23.5 Å². The lowest BCUT2D eigenvalue weighted by Gasteiger charge is -2.38. The number of hydrogen-bond donors (Lipinski definition) is 1. The van der Waals surface area contributed by atoms with E-state index in [2.05, 4.69) is 4.90 Å². The molecule has 5 nitrogen and oxygen atoms in total. The summed E-state index contributed by atoms with van der Waals surface area (Å²) in [6.07, 6.45) is 4.15. The second kappa shape index (κ2) is 7.29. The van der Waals surface area contributed by atoms with Crippen molar-refractivity contribution in [3.8, 4) is 0 Å². The van der Waals surface area contributed by atoms with Gasteiger partial charge in [0.15, 0.2) is 0 Å². The van der Waals surface area contributed by atoms with E-state index in [1.165, 1.54) is 5.56 Å². The Balaban J connectivity index is 1.29. The minimum atomic E-state index is -0.165. The average molecular weight is 358 g/mol. The van der Waals surface area contributed by atoms with Crippen LogP contribution in [0.2, 0.25) is 0 Å². The van der Waals surface area contributed by atoms with Gasteiger partial charge in [-0.25, -0.2) is 0 Å². The van der Waals surface area contributed by atoms with Gasteiger partial charge in [-0.05, 0) is 50.2 Å². The number of benzene rings is 1. The van der Waals surface area contributed by atoms with Crippen LogP contribution in [-0.4, -0.2) is 72.4 Å². The fourth-order valence-electron chi connectivity index (χ4n) is 4.69. The zero-order chi connectivity index (χ0) is 18.1. The predicted octanol–water partition coefficient (Wildman–Crippen LogP) is 2.07. The molecule has 0 bridgehead atoms. The Hall–Kier alpha value is -1.43. The number of β-amino-alcohol motifs (C(OH)–C–C–N with tert-alkyl or cyclic N) is 1. The number of carbonyl (C=O) groups is 1. The number of rotatable bonds is 3. The van der Waals surface area contributed by atoms with E-state index in [0.29, 0.717) is 0 Å². The first-order chi connectivity index (χ1) is 12.5. The maximum Gasteiger partial charge on any atom is 0.253 e. The highest BCUT2D eigenvalue weighted by Crippen LogP contribution is 2.42. The fraction of sp³-hybridized carbons (Fsp3) is 0.667. The summed E-state index contributed by atoms with van der Waals surface area (Å²) in [7, 11) is 0. The van der Waals surface area contributed by atoms with Crippen LogP contribution < -0.4 is 0 Å². The summed E-state index contributed by atoms with van der Waals surface area (Å²) in [6.45, 7) is 7.21. The first-order valence-electron chi connectivity index (χ1n) is 9.91. The summed E-state index contributed by atoms with van der Waals surface area (Å²) >= 11 is 0. The summed E-state index contributed by atoms with van der Waals surface area (Å²) in [6, 6.07) is 7.87. The molecule has 142 valence electrons. The Bertz CT molecular complexity index is 637. The molecule has 3 aliphatic rings. The number of aryl methyl sites for hydroxylation is 1. The van der Waals surface area contributed by atoms with Crippen LogP contribution in [0.4, 0.5) is 0 Å². The number of piperidine rings is 1. The molecule has 1 amide bonds. The van der Waals surface area contributed by atoms with Crippen LogP contribution in [0.15, 0.2) is 24.3 Å². The number of carbonyl (C=O) groups excluding carboxylic acids is 1. The van der Waals surface area contributed by atoms with Gasteiger partial charge >= 0.3 is 0 Å². The van der Waals surface area contributed by atoms with Crippen LogP contribution in [0.5, 0.6) is 0 Å². The molecule has 2 atom stereocenters. The number of aliphatic hydroxyl groups is 1. The maximum absolute atomic E-state index is 12.7. The molecule has 1 N–H and O–H groups in total. The molecule has 5 heteroatoms. The van der Waals surface area contributed by atoms with Crippen LogP contribution in [0.25, 0.3) is 0 Å². The molecule has 3 fully saturated rings. The molecule has 0 unspecified atom stereocenters. The van der Waals surface area contributed by atoms with E-state index >= 15 is 0 Å². The standard InChI is InChI=1S/C21H30N2O3/c1-16-2-4-17(5-3-16)20(25)23-10-7-21(8-11-23)12-19(26-15-21)14-22-9-6-18(24)13-22/h2-5,18-19,24H,6-15H2,1H3/t18-,19-/m0/s1. The van der Waals surface area contributed by atoms with Crippen molar-refractivity contribution in [1.29, 1.82) is 0 Å². The van der Waals surface area contributed by atoms with E-state index in [1.807, 2.05) is 36.1 Å². The smallest absolute Gasteiger partial charge is 0.253 e. The monoisotopic (exact) mass is 358 g/mol. The van der Waals surface area contributed by atoms with Gasteiger partial charge in [0, 0.05) is 38.3 Å². The summed E-state index contributed by atoms with van der Waals surface area (Å²) in [5, 5.41) is 9.69. The van der Waals surface area contributed by atoms with Gasteiger partial charge in [0.05, 0.1) is 18.8 Å². The van der Waals surface area contributed by atoms with Crippen LogP contribution in [-0.2, 0) is 4.74 Å². The van der Waals surface area contributed by atoms with Gasteiger partial charge in [-0.3, -0.25) is 9.69 Å². The van der Waals surface area contributed by atoms with Gasteiger partial charge in [0.1, 0.15) is 0 Å². The average Bonchev–Trinajstić information content (AvgIpc) is 3.22. The first kappa shape index (κ1) is 18.0. The topological polar surface area (TPSA) is 53.0 Å². The molecule has 3 saturated heterocycles. The van der Waals surface area contributed by atoms with Gasteiger partial charge in [0.25, 0.3) is 5.91 Å². The van der Waals surface area contributed by atoms with Crippen molar-refractivity contribution in [1.82, 2.24) is 9.80 Å². The van der Waals surface area contributed by atoms with Crippen molar-refractivity contribution in [3.05, 3.63) is 35.4 Å². The second-order valence-electron chi connectivity index (χ2n) is 8.50. The number of aliphatic hydroxyl groups excluding tert-OH is 1. The lowest BCUT2D eigenvalue weighted by Crippen LogP contribution is -2.43. The molecule has 0 radical (unpaired) electrons. The Morgan fingerprint density at radius 3 is 2.62 bits per heavy atom. The Morgan fingerprint density at radius 2 is 1.96 bits per heavy atom. The second-order valence-corrected chi connectivity index (χ2v) is 8.50. The Morgan fingerprint density at radius 1 is 1.23 bits per heavy atom. The number of hydrogen-bond acceptors (Lipinski definition) is 4. The lowest BCUT2D eigenvalue weighted by molar-refractivity contribution is 0.0451. The van der Waals surface area contributed by atoms with Crippen molar-refractivity contribution in [3.63, 3.8) is 0 Å². The van der Waals surface area contributed by atoms with Gasteiger partial charge in [-0.2, -0.15) is 0 Å². The first-order valence-corrected chi connectivity index (χ1v) is 9.91. The van der Waals surface area contributed by atoms with E-state index < -0.39 is 0 Å². The van der Waals surface area contributed by atoms with Crippen LogP contribution >= 0.6 is 0 Å². The minimum Gasteiger partial charge on any atom is -0.392 e. The highest BCUT2D eigenvalue weighted by Gasteiger charge is 2.43.